The van der Waals surface area contributed by atoms with Gasteiger partial charge in [-0.1, -0.05) is 0 Å². The highest BCUT2D eigenvalue weighted by atomic mass is 32.1. The number of rotatable bonds is 2. The highest BCUT2D eigenvalue weighted by Gasteiger charge is 2.19. The van der Waals surface area contributed by atoms with E-state index in [2.05, 4.69) is 15.0 Å². The van der Waals surface area contributed by atoms with E-state index in [1.807, 2.05) is 0 Å². The Kier molecular flexibility index (Phi) is 3.11. The van der Waals surface area contributed by atoms with Crippen molar-refractivity contribution in [3.8, 4) is 10.4 Å². The van der Waals surface area contributed by atoms with Gasteiger partial charge in [0.2, 0.25) is 5.95 Å². The van der Waals surface area contributed by atoms with Gasteiger partial charge in [-0.15, -0.1) is 11.3 Å². The average Bonchev–Trinajstić information content (AvgIpc) is 2.82. The van der Waals surface area contributed by atoms with Crippen LogP contribution in [0.1, 0.15) is 19.7 Å². The molecule has 0 aliphatic rings. The number of aromatic amines is 1. The van der Waals surface area contributed by atoms with Crippen LogP contribution in [0.15, 0.2) is 29.2 Å². The first-order valence-electron chi connectivity index (χ1n) is 6.30. The molecule has 0 aromatic carbocycles. The number of nitrogens with one attached hydrogen (secondary N) is 1. The molecule has 3 rings (SSSR count). The molecule has 0 aliphatic carbocycles. The van der Waals surface area contributed by atoms with E-state index in [4.69, 9.17) is 5.73 Å². The van der Waals surface area contributed by atoms with Crippen LogP contribution in [0.3, 0.4) is 0 Å². The zero-order valence-electron chi connectivity index (χ0n) is 11.5. The summed E-state index contributed by atoms with van der Waals surface area (Å²) in [7, 11) is 0. The summed E-state index contributed by atoms with van der Waals surface area (Å²) in [5.41, 5.74) is 6.22. The van der Waals surface area contributed by atoms with Crippen molar-refractivity contribution in [1.82, 2.24) is 15.0 Å². The smallest absolute Gasteiger partial charge is 0.268 e. The predicted octanol–water partition coefficient (Wildman–Crippen LogP) is 2.38. The molecule has 3 N–H and O–H groups in total. The van der Waals surface area contributed by atoms with E-state index in [0.717, 1.165) is 4.88 Å². The molecule has 0 spiro atoms. The third-order valence-electron chi connectivity index (χ3n) is 3.00. The SMILES string of the molecule is CC(C)(N)c1nc2cc(-c3ccnc(F)c3)sc2c(=O)[nH]1. The van der Waals surface area contributed by atoms with Gasteiger partial charge in [-0.2, -0.15) is 4.39 Å². The van der Waals surface area contributed by atoms with E-state index in [1.54, 1.807) is 26.0 Å². The van der Waals surface area contributed by atoms with Gasteiger partial charge in [-0.05, 0) is 31.5 Å². The Morgan fingerprint density at radius 2 is 2.14 bits per heavy atom. The number of hydrogen-bond donors (Lipinski definition) is 2. The fourth-order valence-electron chi connectivity index (χ4n) is 1.94. The number of thiophene rings is 1. The number of fused-ring (bicyclic) bond motifs is 1. The molecule has 0 fully saturated rings. The highest BCUT2D eigenvalue weighted by Crippen LogP contribution is 2.31. The quantitative estimate of drug-likeness (QED) is 0.712. The normalized spacial score (nSPS) is 12.0. The van der Waals surface area contributed by atoms with E-state index < -0.39 is 11.5 Å². The minimum atomic E-state index is -0.738. The third kappa shape index (κ3) is 2.57. The van der Waals surface area contributed by atoms with Crippen LogP contribution in [0.5, 0.6) is 0 Å². The maximum absolute atomic E-state index is 13.2. The monoisotopic (exact) mass is 304 g/mol. The standard InChI is InChI=1S/C14H13FN4OS/c1-14(2,16)13-18-8-6-9(21-11(8)12(20)19-13)7-3-4-17-10(15)5-7/h3-6H,16H2,1-2H3,(H,18,19,20). The molecule has 108 valence electrons. The molecule has 0 atom stereocenters. The molecule has 5 nitrogen and oxygen atoms in total. The Labute approximate surface area is 123 Å². The van der Waals surface area contributed by atoms with Gasteiger partial charge in [0, 0.05) is 17.1 Å². The van der Waals surface area contributed by atoms with Gasteiger partial charge in [-0.3, -0.25) is 4.79 Å². The first kappa shape index (κ1) is 13.8. The minimum absolute atomic E-state index is 0.237. The van der Waals surface area contributed by atoms with Crippen molar-refractivity contribution in [2.45, 2.75) is 19.4 Å². The van der Waals surface area contributed by atoms with Gasteiger partial charge in [0.05, 0.1) is 11.1 Å². The predicted molar refractivity (Wildman–Crippen MR) is 80.6 cm³/mol. The summed E-state index contributed by atoms with van der Waals surface area (Å²) in [5, 5.41) is 0. The van der Waals surface area contributed by atoms with Crippen LogP contribution in [0.4, 0.5) is 4.39 Å². The third-order valence-corrected chi connectivity index (χ3v) is 4.18. The molecule has 21 heavy (non-hydrogen) atoms. The second-order valence-corrected chi connectivity index (χ2v) is 6.38. The largest absolute Gasteiger partial charge is 0.319 e. The van der Waals surface area contributed by atoms with Gasteiger partial charge in [0.25, 0.3) is 5.56 Å². The summed E-state index contributed by atoms with van der Waals surface area (Å²) in [4.78, 5) is 23.5. The van der Waals surface area contributed by atoms with Crippen molar-refractivity contribution in [2.75, 3.05) is 0 Å². The van der Waals surface area contributed by atoms with Crippen molar-refractivity contribution in [2.24, 2.45) is 5.73 Å². The van der Waals surface area contributed by atoms with Gasteiger partial charge >= 0.3 is 0 Å². The van der Waals surface area contributed by atoms with Gasteiger partial charge in [-0.25, -0.2) is 9.97 Å². The number of H-pyrrole nitrogens is 1. The van der Waals surface area contributed by atoms with Gasteiger partial charge < -0.3 is 10.7 Å². The number of nitrogens with zero attached hydrogens (tertiary/aromatic N) is 2. The van der Waals surface area contributed by atoms with Crippen LogP contribution in [0.2, 0.25) is 0 Å². The lowest BCUT2D eigenvalue weighted by Crippen LogP contribution is -2.33. The fraction of sp³-hybridized carbons (Fsp3) is 0.214. The molecule has 0 bridgehead atoms. The van der Waals surface area contributed by atoms with Crippen LogP contribution in [0.25, 0.3) is 20.7 Å². The summed E-state index contributed by atoms with van der Waals surface area (Å²) in [6.07, 6.45) is 1.39. The molecule has 3 heterocycles. The first-order chi connectivity index (χ1) is 9.84. The summed E-state index contributed by atoms with van der Waals surface area (Å²) in [6.45, 7) is 3.53. The molecular weight excluding hydrogens is 291 g/mol. The summed E-state index contributed by atoms with van der Waals surface area (Å²) in [6, 6.07) is 4.78. The summed E-state index contributed by atoms with van der Waals surface area (Å²) >= 11 is 1.26. The van der Waals surface area contributed by atoms with Crippen LogP contribution in [-0.2, 0) is 5.54 Å². The molecule has 0 saturated carbocycles. The second kappa shape index (κ2) is 4.71. The van der Waals surface area contributed by atoms with E-state index in [-0.39, 0.29) is 5.56 Å². The zero-order valence-corrected chi connectivity index (χ0v) is 12.3. The number of pyridine rings is 1. The van der Waals surface area contributed by atoms with Gasteiger partial charge in [0.15, 0.2) is 0 Å². The average molecular weight is 304 g/mol. The number of nitrogens with two attached hydrogens (primary N) is 1. The van der Waals surface area contributed by atoms with Crippen LogP contribution < -0.4 is 11.3 Å². The second-order valence-electron chi connectivity index (χ2n) is 5.33. The molecule has 0 aliphatic heterocycles. The first-order valence-corrected chi connectivity index (χ1v) is 7.11. The number of halogens is 1. The molecule has 0 unspecified atom stereocenters. The van der Waals surface area contributed by atoms with Crippen molar-refractivity contribution < 1.29 is 4.39 Å². The van der Waals surface area contributed by atoms with Crippen molar-refractivity contribution in [1.29, 1.82) is 0 Å². The Hall–Kier alpha value is -2.12. The molecular formula is C14H13FN4OS. The van der Waals surface area contributed by atoms with E-state index in [1.165, 1.54) is 23.6 Å². The number of aromatic nitrogens is 3. The highest BCUT2D eigenvalue weighted by molar-refractivity contribution is 7.22. The molecule has 3 aromatic heterocycles. The maximum Gasteiger partial charge on any atom is 0.268 e. The molecule has 0 radical (unpaired) electrons. The molecule has 7 heteroatoms. The lowest BCUT2D eigenvalue weighted by atomic mass is 10.1. The van der Waals surface area contributed by atoms with Crippen molar-refractivity contribution in [3.05, 3.63) is 46.5 Å². The Balaban J connectivity index is 2.21. The van der Waals surface area contributed by atoms with Crippen LogP contribution >= 0.6 is 11.3 Å². The fourth-order valence-corrected chi connectivity index (χ4v) is 2.93. The maximum atomic E-state index is 13.2. The van der Waals surface area contributed by atoms with Crippen molar-refractivity contribution in [3.63, 3.8) is 0 Å². The van der Waals surface area contributed by atoms with E-state index >= 15 is 0 Å². The Bertz CT molecular complexity index is 879. The van der Waals surface area contributed by atoms with Gasteiger partial charge in [0.1, 0.15) is 10.5 Å². The van der Waals surface area contributed by atoms with Crippen molar-refractivity contribution >= 4 is 21.6 Å². The molecule has 3 aromatic rings. The number of hydrogen-bond acceptors (Lipinski definition) is 5. The molecule has 0 amide bonds. The summed E-state index contributed by atoms with van der Waals surface area (Å²) in [5.74, 6) is -0.138. The zero-order chi connectivity index (χ0) is 15.2. The Morgan fingerprint density at radius 1 is 1.38 bits per heavy atom. The lowest BCUT2D eigenvalue weighted by molar-refractivity contribution is 0.515. The Morgan fingerprint density at radius 3 is 2.81 bits per heavy atom. The topological polar surface area (TPSA) is 84.7 Å². The van der Waals surface area contributed by atoms with E-state index in [9.17, 15) is 9.18 Å². The van der Waals surface area contributed by atoms with Crippen LogP contribution in [-0.4, -0.2) is 15.0 Å². The van der Waals surface area contributed by atoms with E-state index in [0.29, 0.717) is 21.6 Å². The summed E-state index contributed by atoms with van der Waals surface area (Å²) < 4.78 is 13.7. The lowest BCUT2D eigenvalue weighted by Gasteiger charge is -2.16. The van der Waals surface area contributed by atoms with Crippen LogP contribution in [0, 0.1) is 5.95 Å². The minimum Gasteiger partial charge on any atom is -0.319 e. The molecule has 0 saturated heterocycles.